The van der Waals surface area contributed by atoms with Crippen LogP contribution in [0.3, 0.4) is 0 Å². The Kier molecular flexibility index (Phi) is 6.17. The lowest BCUT2D eigenvalue weighted by molar-refractivity contribution is -0.146. The maximum atomic E-state index is 13.7. The van der Waals surface area contributed by atoms with E-state index in [1.165, 1.54) is 12.1 Å². The molecule has 3 aromatic rings. The lowest BCUT2D eigenvalue weighted by atomic mass is 10.0. The van der Waals surface area contributed by atoms with Crippen LogP contribution in [0.15, 0.2) is 72.8 Å². The Labute approximate surface area is 163 Å². The van der Waals surface area contributed by atoms with Crippen molar-refractivity contribution in [2.75, 3.05) is 11.9 Å². The molecule has 0 aliphatic heterocycles. The number of carbonyl (C=O) groups excluding carboxylic acids is 2. The first-order valence-corrected chi connectivity index (χ1v) is 8.87. The highest BCUT2D eigenvalue weighted by molar-refractivity contribution is 5.93. The zero-order valence-corrected chi connectivity index (χ0v) is 15.4. The number of aryl methyl sites for hydroxylation is 1. The smallest absolute Gasteiger partial charge is 0.310 e. The molecule has 28 heavy (non-hydrogen) atoms. The molecule has 0 atom stereocenters. The van der Waals surface area contributed by atoms with Crippen LogP contribution in [0.25, 0.3) is 11.1 Å². The second-order valence-electron chi connectivity index (χ2n) is 6.43. The molecule has 0 saturated heterocycles. The summed E-state index contributed by atoms with van der Waals surface area (Å²) in [7, 11) is 0. The van der Waals surface area contributed by atoms with Gasteiger partial charge in [0.25, 0.3) is 5.91 Å². The van der Waals surface area contributed by atoms with Crippen molar-refractivity contribution >= 4 is 17.6 Å². The van der Waals surface area contributed by atoms with Gasteiger partial charge < -0.3 is 10.1 Å². The van der Waals surface area contributed by atoms with Gasteiger partial charge in [-0.2, -0.15) is 0 Å². The van der Waals surface area contributed by atoms with E-state index in [1.807, 2.05) is 54.6 Å². The Hall–Kier alpha value is -3.47. The standard InChI is InChI=1S/C23H20FNO3/c1-16-7-12-21(20(24)13-16)25-22(26)15-28-23(27)14-17-8-10-19(11-9-17)18-5-3-2-4-6-18/h2-13H,14-15H2,1H3,(H,25,26). The van der Waals surface area contributed by atoms with Gasteiger partial charge in [0, 0.05) is 0 Å². The number of rotatable bonds is 6. The number of amides is 1. The summed E-state index contributed by atoms with van der Waals surface area (Å²) >= 11 is 0. The third kappa shape index (κ3) is 5.27. The van der Waals surface area contributed by atoms with Gasteiger partial charge in [0.2, 0.25) is 0 Å². The van der Waals surface area contributed by atoms with Crippen molar-refractivity contribution in [3.63, 3.8) is 0 Å². The molecular weight excluding hydrogens is 357 g/mol. The fourth-order valence-electron chi connectivity index (χ4n) is 2.72. The second-order valence-corrected chi connectivity index (χ2v) is 6.43. The summed E-state index contributed by atoms with van der Waals surface area (Å²) in [5.41, 5.74) is 3.74. The summed E-state index contributed by atoms with van der Waals surface area (Å²) in [6, 6.07) is 22.0. The van der Waals surface area contributed by atoms with Crippen molar-refractivity contribution in [3.8, 4) is 11.1 Å². The molecule has 0 aliphatic carbocycles. The Morgan fingerprint density at radius 3 is 2.29 bits per heavy atom. The lowest BCUT2D eigenvalue weighted by Crippen LogP contribution is -2.22. The third-order valence-corrected chi connectivity index (χ3v) is 4.17. The number of benzene rings is 3. The fourth-order valence-corrected chi connectivity index (χ4v) is 2.72. The van der Waals surface area contributed by atoms with Crippen LogP contribution < -0.4 is 5.32 Å². The normalized spacial score (nSPS) is 10.4. The van der Waals surface area contributed by atoms with Crippen LogP contribution in [0, 0.1) is 12.7 Å². The Morgan fingerprint density at radius 2 is 1.61 bits per heavy atom. The van der Waals surface area contributed by atoms with Crippen molar-refractivity contribution < 1.29 is 18.7 Å². The average molecular weight is 377 g/mol. The molecule has 1 N–H and O–H groups in total. The predicted octanol–water partition coefficient (Wildman–Crippen LogP) is 4.53. The van der Waals surface area contributed by atoms with Crippen molar-refractivity contribution in [2.24, 2.45) is 0 Å². The third-order valence-electron chi connectivity index (χ3n) is 4.17. The summed E-state index contributed by atoms with van der Waals surface area (Å²) in [5, 5.41) is 2.39. The van der Waals surface area contributed by atoms with E-state index in [9.17, 15) is 14.0 Å². The number of nitrogens with one attached hydrogen (secondary N) is 1. The number of ether oxygens (including phenoxy) is 1. The van der Waals surface area contributed by atoms with E-state index in [0.717, 1.165) is 22.3 Å². The van der Waals surface area contributed by atoms with Crippen LogP contribution in [0.2, 0.25) is 0 Å². The molecule has 5 heteroatoms. The maximum absolute atomic E-state index is 13.7. The van der Waals surface area contributed by atoms with Gasteiger partial charge in [-0.15, -0.1) is 0 Å². The number of hydrogen-bond donors (Lipinski definition) is 1. The molecule has 0 bridgehead atoms. The molecule has 0 aromatic heterocycles. The van der Waals surface area contributed by atoms with Crippen molar-refractivity contribution in [2.45, 2.75) is 13.3 Å². The Bertz CT molecular complexity index is 969. The molecule has 0 fully saturated rings. The molecule has 4 nitrogen and oxygen atoms in total. The number of halogens is 1. The number of esters is 1. The van der Waals surface area contributed by atoms with E-state index in [-0.39, 0.29) is 12.1 Å². The molecule has 142 valence electrons. The quantitative estimate of drug-likeness (QED) is 0.643. The molecule has 3 rings (SSSR count). The lowest BCUT2D eigenvalue weighted by Gasteiger charge is -2.08. The van der Waals surface area contributed by atoms with Crippen molar-refractivity contribution in [1.82, 2.24) is 0 Å². The van der Waals surface area contributed by atoms with Gasteiger partial charge in [-0.25, -0.2) is 4.39 Å². The Morgan fingerprint density at radius 1 is 0.929 bits per heavy atom. The first kappa shape index (κ1) is 19.3. The molecule has 3 aromatic carbocycles. The highest BCUT2D eigenvalue weighted by Gasteiger charge is 2.11. The van der Waals surface area contributed by atoms with Crippen LogP contribution in [-0.4, -0.2) is 18.5 Å². The van der Waals surface area contributed by atoms with Gasteiger partial charge >= 0.3 is 5.97 Å². The molecule has 1 amide bonds. The van der Waals surface area contributed by atoms with E-state index in [2.05, 4.69) is 5.32 Å². The van der Waals surface area contributed by atoms with Gasteiger partial charge in [0.05, 0.1) is 12.1 Å². The minimum absolute atomic E-state index is 0.0568. The summed E-state index contributed by atoms with van der Waals surface area (Å²) < 4.78 is 18.7. The highest BCUT2D eigenvalue weighted by atomic mass is 19.1. The zero-order valence-electron chi connectivity index (χ0n) is 15.4. The summed E-state index contributed by atoms with van der Waals surface area (Å²) in [6.07, 6.45) is 0.0568. The summed E-state index contributed by atoms with van der Waals surface area (Å²) in [5.74, 6) is -1.64. The number of anilines is 1. The SMILES string of the molecule is Cc1ccc(NC(=O)COC(=O)Cc2ccc(-c3ccccc3)cc2)c(F)c1. The van der Waals surface area contributed by atoms with Crippen LogP contribution in [0.5, 0.6) is 0 Å². The molecule has 0 unspecified atom stereocenters. The molecule has 0 radical (unpaired) electrons. The van der Waals surface area contributed by atoms with Crippen LogP contribution in [-0.2, 0) is 20.7 Å². The first-order chi connectivity index (χ1) is 13.5. The first-order valence-electron chi connectivity index (χ1n) is 8.87. The molecular formula is C23H20FNO3. The van der Waals surface area contributed by atoms with Gasteiger partial charge in [-0.1, -0.05) is 60.7 Å². The van der Waals surface area contributed by atoms with E-state index >= 15 is 0 Å². The van der Waals surface area contributed by atoms with Gasteiger partial charge in [-0.05, 0) is 41.3 Å². The average Bonchev–Trinajstić information content (AvgIpc) is 2.70. The van der Waals surface area contributed by atoms with Crippen LogP contribution >= 0.6 is 0 Å². The highest BCUT2D eigenvalue weighted by Crippen LogP contribution is 2.19. The number of hydrogen-bond acceptors (Lipinski definition) is 3. The van der Waals surface area contributed by atoms with Crippen molar-refractivity contribution in [1.29, 1.82) is 0 Å². The van der Waals surface area contributed by atoms with Crippen molar-refractivity contribution in [3.05, 3.63) is 89.7 Å². The van der Waals surface area contributed by atoms with Crippen LogP contribution in [0.4, 0.5) is 10.1 Å². The molecule has 0 aliphatic rings. The summed E-state index contributed by atoms with van der Waals surface area (Å²) in [4.78, 5) is 23.8. The van der Waals surface area contributed by atoms with Gasteiger partial charge in [0.1, 0.15) is 5.82 Å². The van der Waals surface area contributed by atoms with E-state index in [1.54, 1.807) is 13.0 Å². The monoisotopic (exact) mass is 377 g/mol. The van der Waals surface area contributed by atoms with Gasteiger partial charge in [0.15, 0.2) is 6.61 Å². The van der Waals surface area contributed by atoms with E-state index in [4.69, 9.17) is 4.74 Å². The maximum Gasteiger partial charge on any atom is 0.310 e. The number of carbonyl (C=O) groups is 2. The molecule has 0 heterocycles. The fraction of sp³-hybridized carbons (Fsp3) is 0.130. The molecule has 0 saturated carbocycles. The zero-order chi connectivity index (χ0) is 19.9. The summed E-state index contributed by atoms with van der Waals surface area (Å²) in [6.45, 7) is 1.29. The Balaban J connectivity index is 1.49. The van der Waals surface area contributed by atoms with E-state index < -0.39 is 24.3 Å². The minimum Gasteiger partial charge on any atom is -0.455 e. The topological polar surface area (TPSA) is 55.4 Å². The predicted molar refractivity (Wildman–Crippen MR) is 106 cm³/mol. The van der Waals surface area contributed by atoms with Gasteiger partial charge in [-0.3, -0.25) is 9.59 Å². The van der Waals surface area contributed by atoms with Crippen LogP contribution in [0.1, 0.15) is 11.1 Å². The second kappa shape index (κ2) is 8.95. The molecule has 0 spiro atoms. The minimum atomic E-state index is -0.587. The largest absolute Gasteiger partial charge is 0.455 e. The van der Waals surface area contributed by atoms with E-state index in [0.29, 0.717) is 0 Å².